The maximum atomic E-state index is 12.3. The van der Waals surface area contributed by atoms with Gasteiger partial charge in [-0.25, -0.2) is 4.79 Å². The molecule has 0 unspecified atom stereocenters. The van der Waals surface area contributed by atoms with Crippen LogP contribution in [0.1, 0.15) is 55.8 Å². The first-order valence-electron chi connectivity index (χ1n) is 9.15. The van der Waals surface area contributed by atoms with Crippen molar-refractivity contribution in [2.45, 2.75) is 45.4 Å². The summed E-state index contributed by atoms with van der Waals surface area (Å²) in [6.07, 6.45) is 9.09. The van der Waals surface area contributed by atoms with Crippen molar-refractivity contribution in [3.8, 4) is 0 Å². The van der Waals surface area contributed by atoms with Gasteiger partial charge in [-0.15, -0.1) is 0 Å². The molecule has 0 spiro atoms. The fraction of sp³-hybridized carbons (Fsp3) is 0.500. The molecule has 1 amide bonds. The zero-order valence-electron chi connectivity index (χ0n) is 15.0. The molecule has 0 aliphatic heterocycles. The van der Waals surface area contributed by atoms with Crippen molar-refractivity contribution in [2.75, 3.05) is 25.0 Å². The van der Waals surface area contributed by atoms with E-state index < -0.39 is 5.97 Å². The summed E-state index contributed by atoms with van der Waals surface area (Å²) in [6, 6.07) is 7.26. The number of esters is 1. The Morgan fingerprint density at radius 2 is 2.00 bits per heavy atom. The van der Waals surface area contributed by atoms with Crippen LogP contribution >= 0.6 is 0 Å². The maximum absolute atomic E-state index is 12.3. The van der Waals surface area contributed by atoms with Crippen molar-refractivity contribution in [1.29, 1.82) is 0 Å². The number of amides is 1. The zero-order valence-corrected chi connectivity index (χ0v) is 15.0. The first kappa shape index (κ1) is 19.0. The van der Waals surface area contributed by atoms with Crippen molar-refractivity contribution in [2.24, 2.45) is 0 Å². The normalized spacial score (nSPS) is 13.7. The molecule has 0 aromatic heterocycles. The Morgan fingerprint density at radius 3 is 2.76 bits per heavy atom. The highest BCUT2D eigenvalue weighted by molar-refractivity contribution is 5.96. The monoisotopic (exact) mass is 344 g/mol. The molecule has 136 valence electrons. The van der Waals surface area contributed by atoms with E-state index in [1.54, 1.807) is 12.1 Å². The number of carbonyl (C=O) groups excluding carboxylic acids is 2. The van der Waals surface area contributed by atoms with Gasteiger partial charge in [-0.1, -0.05) is 30.7 Å². The van der Waals surface area contributed by atoms with E-state index in [1.807, 2.05) is 19.1 Å². The second-order valence-corrected chi connectivity index (χ2v) is 6.26. The lowest BCUT2D eigenvalue weighted by Crippen LogP contribution is -2.29. The van der Waals surface area contributed by atoms with Gasteiger partial charge in [0, 0.05) is 18.8 Å². The van der Waals surface area contributed by atoms with Crippen LogP contribution in [0.2, 0.25) is 0 Å². The molecule has 1 aromatic carbocycles. The number of carbonyl (C=O) groups is 2. The SMILES string of the molecule is CCCNC(=O)COC(=O)c1ccccc1NCCC1=CCCCC1. The Labute approximate surface area is 149 Å². The van der Waals surface area contributed by atoms with Crippen molar-refractivity contribution in [3.05, 3.63) is 41.5 Å². The van der Waals surface area contributed by atoms with Gasteiger partial charge >= 0.3 is 5.97 Å². The smallest absolute Gasteiger partial charge is 0.340 e. The highest BCUT2D eigenvalue weighted by atomic mass is 16.5. The topological polar surface area (TPSA) is 67.4 Å². The quantitative estimate of drug-likeness (QED) is 0.530. The van der Waals surface area contributed by atoms with Gasteiger partial charge in [0.15, 0.2) is 6.61 Å². The fourth-order valence-corrected chi connectivity index (χ4v) is 2.83. The van der Waals surface area contributed by atoms with E-state index in [2.05, 4.69) is 16.7 Å². The van der Waals surface area contributed by atoms with Crippen LogP contribution in [0.4, 0.5) is 5.69 Å². The first-order valence-corrected chi connectivity index (χ1v) is 9.15. The number of ether oxygens (including phenoxy) is 1. The molecule has 2 N–H and O–H groups in total. The summed E-state index contributed by atoms with van der Waals surface area (Å²) in [6.45, 7) is 3.09. The first-order chi connectivity index (χ1) is 12.2. The van der Waals surface area contributed by atoms with Crippen molar-refractivity contribution < 1.29 is 14.3 Å². The number of hydrogen-bond donors (Lipinski definition) is 2. The molecular formula is C20H28N2O3. The molecule has 0 fully saturated rings. The molecule has 0 saturated carbocycles. The third-order valence-corrected chi connectivity index (χ3v) is 4.20. The molecule has 1 aromatic rings. The lowest BCUT2D eigenvalue weighted by Gasteiger charge is -2.15. The Balaban J connectivity index is 1.85. The lowest BCUT2D eigenvalue weighted by atomic mass is 9.97. The van der Waals surface area contributed by atoms with E-state index in [9.17, 15) is 9.59 Å². The number of nitrogens with one attached hydrogen (secondary N) is 2. The molecule has 0 saturated heterocycles. The summed E-state index contributed by atoms with van der Waals surface area (Å²) in [5, 5.41) is 6.01. The summed E-state index contributed by atoms with van der Waals surface area (Å²) >= 11 is 0. The summed E-state index contributed by atoms with van der Waals surface area (Å²) in [5.41, 5.74) is 2.70. The van der Waals surface area contributed by atoms with Gasteiger partial charge in [0.1, 0.15) is 0 Å². The van der Waals surface area contributed by atoms with Gasteiger partial charge in [0.25, 0.3) is 5.91 Å². The second-order valence-electron chi connectivity index (χ2n) is 6.26. The van der Waals surface area contributed by atoms with Crippen molar-refractivity contribution >= 4 is 17.6 Å². The molecule has 5 nitrogen and oxygen atoms in total. The lowest BCUT2D eigenvalue weighted by molar-refractivity contribution is -0.124. The van der Waals surface area contributed by atoms with E-state index in [0.29, 0.717) is 12.1 Å². The number of rotatable bonds is 9. The van der Waals surface area contributed by atoms with Crippen LogP contribution < -0.4 is 10.6 Å². The minimum atomic E-state index is -0.480. The highest BCUT2D eigenvalue weighted by Crippen LogP contribution is 2.21. The van der Waals surface area contributed by atoms with E-state index >= 15 is 0 Å². The van der Waals surface area contributed by atoms with Crippen LogP contribution in [0.5, 0.6) is 0 Å². The zero-order chi connectivity index (χ0) is 17.9. The molecule has 1 aliphatic carbocycles. The van der Waals surface area contributed by atoms with Crippen molar-refractivity contribution in [3.63, 3.8) is 0 Å². The van der Waals surface area contributed by atoms with Gasteiger partial charge in [-0.2, -0.15) is 0 Å². The van der Waals surface area contributed by atoms with Crippen LogP contribution in [-0.4, -0.2) is 31.6 Å². The highest BCUT2D eigenvalue weighted by Gasteiger charge is 2.14. The maximum Gasteiger partial charge on any atom is 0.340 e. The Bertz CT molecular complexity index is 611. The third-order valence-electron chi connectivity index (χ3n) is 4.20. The Morgan fingerprint density at radius 1 is 1.16 bits per heavy atom. The van der Waals surface area contributed by atoms with Crippen LogP contribution in [0.3, 0.4) is 0 Å². The molecule has 0 heterocycles. The van der Waals surface area contributed by atoms with Gasteiger partial charge in [-0.05, 0) is 50.7 Å². The Kier molecular flexibility index (Phi) is 8.02. The average molecular weight is 344 g/mol. The van der Waals surface area contributed by atoms with E-state index in [-0.39, 0.29) is 12.5 Å². The molecular weight excluding hydrogens is 316 g/mol. The standard InChI is InChI=1S/C20H28N2O3/c1-2-13-22-19(23)15-25-20(24)17-10-6-7-11-18(17)21-14-12-16-8-4-3-5-9-16/h6-8,10-11,21H,2-5,9,12-15H2,1H3,(H,22,23). The predicted molar refractivity (Wildman–Crippen MR) is 99.7 cm³/mol. The summed E-state index contributed by atoms with van der Waals surface area (Å²) in [7, 11) is 0. The third kappa shape index (κ3) is 6.61. The molecule has 5 heteroatoms. The number of hydrogen-bond acceptors (Lipinski definition) is 4. The van der Waals surface area contributed by atoms with Gasteiger partial charge in [0.2, 0.25) is 0 Å². The number of para-hydroxylation sites is 1. The van der Waals surface area contributed by atoms with Gasteiger partial charge in [-0.3, -0.25) is 4.79 Å². The van der Waals surface area contributed by atoms with E-state index in [1.165, 1.54) is 31.3 Å². The molecule has 2 rings (SSSR count). The van der Waals surface area contributed by atoms with E-state index in [4.69, 9.17) is 4.74 Å². The fourth-order valence-electron chi connectivity index (χ4n) is 2.83. The van der Waals surface area contributed by atoms with Crippen LogP contribution in [0.15, 0.2) is 35.9 Å². The number of benzene rings is 1. The predicted octanol–water partition coefficient (Wildman–Crippen LogP) is 3.67. The van der Waals surface area contributed by atoms with Crippen LogP contribution in [0.25, 0.3) is 0 Å². The molecule has 25 heavy (non-hydrogen) atoms. The average Bonchev–Trinajstić information content (AvgIpc) is 2.65. The second kappa shape index (κ2) is 10.5. The largest absolute Gasteiger partial charge is 0.452 e. The molecule has 1 aliphatic rings. The Hall–Kier alpha value is -2.30. The number of allylic oxidation sites excluding steroid dienone is 1. The van der Waals surface area contributed by atoms with Crippen LogP contribution in [-0.2, 0) is 9.53 Å². The summed E-state index contributed by atoms with van der Waals surface area (Å²) in [5.74, 6) is -0.753. The summed E-state index contributed by atoms with van der Waals surface area (Å²) < 4.78 is 5.12. The summed E-state index contributed by atoms with van der Waals surface area (Å²) in [4.78, 5) is 23.8. The van der Waals surface area contributed by atoms with Gasteiger partial charge in [0.05, 0.1) is 5.56 Å². The van der Waals surface area contributed by atoms with Crippen LogP contribution in [0, 0.1) is 0 Å². The molecule has 0 atom stereocenters. The molecule has 0 radical (unpaired) electrons. The minimum absolute atomic E-state index is 0.250. The van der Waals surface area contributed by atoms with Crippen molar-refractivity contribution in [1.82, 2.24) is 5.32 Å². The molecule has 0 bridgehead atoms. The van der Waals surface area contributed by atoms with E-state index in [0.717, 1.165) is 25.1 Å². The van der Waals surface area contributed by atoms with Gasteiger partial charge < -0.3 is 15.4 Å². The number of anilines is 1. The minimum Gasteiger partial charge on any atom is -0.452 e.